The molecule has 0 unspecified atom stereocenters. The number of rotatable bonds is 2. The summed E-state index contributed by atoms with van der Waals surface area (Å²) in [4.78, 5) is 13.5. The van der Waals surface area contributed by atoms with Crippen molar-refractivity contribution in [3.05, 3.63) is 40.7 Å². The van der Waals surface area contributed by atoms with E-state index in [-0.39, 0.29) is 11.3 Å². The van der Waals surface area contributed by atoms with Gasteiger partial charge in [-0.3, -0.25) is 4.79 Å². The fraction of sp³-hybridized carbons (Fsp3) is 0.357. The SMILES string of the molecule is CCCCC.O=c1ccc2c(O)cccc2[nH]1. The Labute approximate surface area is 101 Å². The van der Waals surface area contributed by atoms with Gasteiger partial charge in [-0.1, -0.05) is 39.2 Å². The minimum atomic E-state index is -0.159. The summed E-state index contributed by atoms with van der Waals surface area (Å²) in [6, 6.07) is 8.01. The first-order valence-electron chi connectivity index (χ1n) is 6.00. The molecular weight excluding hydrogens is 214 g/mol. The molecule has 2 aromatic rings. The van der Waals surface area contributed by atoms with Crippen molar-refractivity contribution in [2.75, 3.05) is 0 Å². The summed E-state index contributed by atoms with van der Waals surface area (Å²) in [5, 5.41) is 10.0. The van der Waals surface area contributed by atoms with Crippen LogP contribution in [0.25, 0.3) is 10.9 Å². The number of hydrogen-bond donors (Lipinski definition) is 2. The van der Waals surface area contributed by atoms with Crippen molar-refractivity contribution in [2.45, 2.75) is 33.1 Å². The summed E-state index contributed by atoms with van der Waals surface area (Å²) in [7, 11) is 0. The molecule has 17 heavy (non-hydrogen) atoms. The van der Waals surface area contributed by atoms with Crippen LogP contribution in [0.15, 0.2) is 35.1 Å². The van der Waals surface area contributed by atoms with E-state index in [0.29, 0.717) is 10.9 Å². The van der Waals surface area contributed by atoms with E-state index in [2.05, 4.69) is 18.8 Å². The molecule has 1 aromatic heterocycles. The Balaban J connectivity index is 0.000000249. The third kappa shape index (κ3) is 3.94. The molecule has 0 spiro atoms. The van der Waals surface area contributed by atoms with Gasteiger partial charge in [-0.05, 0) is 18.2 Å². The van der Waals surface area contributed by atoms with E-state index in [0.717, 1.165) is 0 Å². The Hall–Kier alpha value is -1.77. The molecule has 0 amide bonds. The van der Waals surface area contributed by atoms with E-state index >= 15 is 0 Å². The van der Waals surface area contributed by atoms with Crippen molar-refractivity contribution in [3.8, 4) is 5.75 Å². The smallest absolute Gasteiger partial charge is 0.248 e. The van der Waals surface area contributed by atoms with Crippen LogP contribution in [0, 0.1) is 0 Å². The van der Waals surface area contributed by atoms with Crippen molar-refractivity contribution in [1.29, 1.82) is 0 Å². The van der Waals surface area contributed by atoms with Gasteiger partial charge in [0.2, 0.25) is 5.56 Å². The Morgan fingerprint density at radius 3 is 2.41 bits per heavy atom. The van der Waals surface area contributed by atoms with Crippen LogP contribution in [-0.2, 0) is 0 Å². The van der Waals surface area contributed by atoms with Crippen molar-refractivity contribution in [3.63, 3.8) is 0 Å². The van der Waals surface area contributed by atoms with Crippen LogP contribution in [0.3, 0.4) is 0 Å². The van der Waals surface area contributed by atoms with Gasteiger partial charge in [0, 0.05) is 11.5 Å². The first kappa shape index (κ1) is 13.3. The van der Waals surface area contributed by atoms with Gasteiger partial charge in [0.1, 0.15) is 5.75 Å². The number of aromatic hydroxyl groups is 1. The molecule has 0 bridgehead atoms. The number of phenols is 1. The van der Waals surface area contributed by atoms with Crippen LogP contribution in [0.5, 0.6) is 5.75 Å². The molecule has 3 heteroatoms. The quantitative estimate of drug-likeness (QED) is 0.835. The number of aromatic nitrogens is 1. The van der Waals surface area contributed by atoms with E-state index in [9.17, 15) is 9.90 Å². The molecule has 0 aliphatic heterocycles. The number of nitrogens with one attached hydrogen (secondary N) is 1. The topological polar surface area (TPSA) is 53.1 Å². The van der Waals surface area contributed by atoms with Gasteiger partial charge >= 0.3 is 0 Å². The highest BCUT2D eigenvalue weighted by molar-refractivity contribution is 5.84. The summed E-state index contributed by atoms with van der Waals surface area (Å²) in [5.74, 6) is 0.184. The monoisotopic (exact) mass is 233 g/mol. The van der Waals surface area contributed by atoms with Crippen molar-refractivity contribution in [1.82, 2.24) is 4.98 Å². The second-order valence-electron chi connectivity index (χ2n) is 3.91. The van der Waals surface area contributed by atoms with Gasteiger partial charge in [0.15, 0.2) is 0 Å². The molecule has 2 rings (SSSR count). The number of hydrogen-bond acceptors (Lipinski definition) is 2. The van der Waals surface area contributed by atoms with Crippen LogP contribution >= 0.6 is 0 Å². The van der Waals surface area contributed by atoms with Crippen molar-refractivity contribution in [2.24, 2.45) is 0 Å². The molecule has 2 N–H and O–H groups in total. The fourth-order valence-electron chi connectivity index (χ4n) is 1.52. The summed E-state index contributed by atoms with van der Waals surface area (Å²) in [6.07, 6.45) is 4.08. The lowest BCUT2D eigenvalue weighted by atomic mass is 10.2. The minimum absolute atomic E-state index is 0.159. The first-order chi connectivity index (χ1) is 8.19. The summed E-state index contributed by atoms with van der Waals surface area (Å²) in [5.41, 5.74) is 0.496. The van der Waals surface area contributed by atoms with Crippen LogP contribution in [0.2, 0.25) is 0 Å². The molecule has 0 atom stereocenters. The molecule has 0 fully saturated rings. The highest BCUT2D eigenvalue weighted by atomic mass is 16.3. The number of pyridine rings is 1. The molecule has 1 heterocycles. The summed E-state index contributed by atoms with van der Waals surface area (Å²) in [6.45, 7) is 4.42. The van der Waals surface area contributed by atoms with Gasteiger partial charge < -0.3 is 10.1 Å². The Bertz CT molecular complexity index is 515. The molecule has 92 valence electrons. The maximum Gasteiger partial charge on any atom is 0.248 e. The third-order valence-electron chi connectivity index (χ3n) is 2.45. The summed E-state index contributed by atoms with van der Waals surface area (Å²) < 4.78 is 0. The van der Waals surface area contributed by atoms with Crippen LogP contribution in [0.1, 0.15) is 33.1 Å². The largest absolute Gasteiger partial charge is 0.507 e. The molecule has 1 aromatic carbocycles. The number of unbranched alkanes of at least 4 members (excludes halogenated alkanes) is 2. The van der Waals surface area contributed by atoms with Crippen molar-refractivity contribution < 1.29 is 5.11 Å². The first-order valence-corrected chi connectivity index (χ1v) is 6.00. The van der Waals surface area contributed by atoms with Crippen LogP contribution in [-0.4, -0.2) is 10.1 Å². The normalized spacial score (nSPS) is 9.76. The van der Waals surface area contributed by atoms with E-state index in [1.807, 2.05) is 0 Å². The fourth-order valence-corrected chi connectivity index (χ4v) is 1.52. The summed E-state index contributed by atoms with van der Waals surface area (Å²) >= 11 is 0. The lowest BCUT2D eigenvalue weighted by Gasteiger charge is -1.97. The highest BCUT2D eigenvalue weighted by Crippen LogP contribution is 2.20. The van der Waals surface area contributed by atoms with Gasteiger partial charge in [0.25, 0.3) is 0 Å². The second-order valence-corrected chi connectivity index (χ2v) is 3.91. The predicted molar refractivity (Wildman–Crippen MR) is 71.4 cm³/mol. The second kappa shape index (κ2) is 6.74. The molecule has 3 nitrogen and oxygen atoms in total. The molecular formula is C14H19NO2. The zero-order valence-corrected chi connectivity index (χ0v) is 10.4. The Morgan fingerprint density at radius 2 is 1.82 bits per heavy atom. The van der Waals surface area contributed by atoms with E-state index in [4.69, 9.17) is 0 Å². The number of phenolic OH excluding ortho intramolecular Hbond substituents is 1. The molecule has 0 aliphatic rings. The van der Waals surface area contributed by atoms with Crippen LogP contribution in [0.4, 0.5) is 0 Å². The van der Waals surface area contributed by atoms with Crippen LogP contribution < -0.4 is 5.56 Å². The van der Waals surface area contributed by atoms with Gasteiger partial charge in [-0.2, -0.15) is 0 Å². The number of H-pyrrole nitrogens is 1. The molecule has 0 saturated carbocycles. The standard InChI is InChI=1S/C9H7NO2.C5H12/c11-8-3-1-2-7-6(8)4-5-9(12)10-7;1-3-5-4-2/h1-5,11H,(H,10,12);3-5H2,1-2H3. The lowest BCUT2D eigenvalue weighted by molar-refractivity contribution is 0.481. The zero-order valence-electron chi connectivity index (χ0n) is 10.4. The Morgan fingerprint density at radius 1 is 1.12 bits per heavy atom. The van der Waals surface area contributed by atoms with Gasteiger partial charge in [-0.15, -0.1) is 0 Å². The zero-order chi connectivity index (χ0) is 12.7. The van der Waals surface area contributed by atoms with E-state index in [1.54, 1.807) is 24.3 Å². The van der Waals surface area contributed by atoms with Gasteiger partial charge in [-0.25, -0.2) is 0 Å². The lowest BCUT2D eigenvalue weighted by Crippen LogP contribution is -2.01. The molecule has 0 aliphatic carbocycles. The number of benzene rings is 1. The maximum atomic E-state index is 10.9. The van der Waals surface area contributed by atoms with E-state index < -0.39 is 0 Å². The van der Waals surface area contributed by atoms with Crippen molar-refractivity contribution >= 4 is 10.9 Å². The number of aromatic amines is 1. The highest BCUT2D eigenvalue weighted by Gasteiger charge is 1.97. The number of fused-ring (bicyclic) bond motifs is 1. The maximum absolute atomic E-state index is 10.9. The average molecular weight is 233 g/mol. The Kier molecular flexibility index (Phi) is 5.27. The predicted octanol–water partition coefficient (Wildman–Crippen LogP) is 3.43. The third-order valence-corrected chi connectivity index (χ3v) is 2.45. The van der Waals surface area contributed by atoms with E-state index in [1.165, 1.54) is 25.3 Å². The average Bonchev–Trinajstić information content (AvgIpc) is 2.31. The molecule has 0 saturated heterocycles. The molecule has 0 radical (unpaired) electrons. The van der Waals surface area contributed by atoms with Gasteiger partial charge in [0.05, 0.1) is 5.52 Å². The minimum Gasteiger partial charge on any atom is -0.507 e.